The summed E-state index contributed by atoms with van der Waals surface area (Å²) in [7, 11) is 0. The molecule has 0 bridgehead atoms. The van der Waals surface area contributed by atoms with Crippen LogP contribution in [0.1, 0.15) is 16.1 Å². The summed E-state index contributed by atoms with van der Waals surface area (Å²) >= 11 is 3.33. The van der Waals surface area contributed by atoms with E-state index in [-0.39, 0.29) is 29.5 Å². The molecule has 0 aliphatic rings. The lowest BCUT2D eigenvalue weighted by molar-refractivity contribution is -0.115. The first-order chi connectivity index (χ1) is 12.4. The maximum absolute atomic E-state index is 12.9. The summed E-state index contributed by atoms with van der Waals surface area (Å²) in [5, 5.41) is 12.2. The lowest BCUT2D eigenvalue weighted by Crippen LogP contribution is -2.17. The number of aromatic carboxylic acids is 1. The molecule has 7 heteroatoms. The lowest BCUT2D eigenvalue weighted by atomic mass is 10.1. The number of nitrogens with one attached hydrogen (secondary N) is 1. The molecule has 0 aliphatic heterocycles. The van der Waals surface area contributed by atoms with Gasteiger partial charge < -0.3 is 15.0 Å². The third kappa shape index (κ3) is 4.00. The van der Waals surface area contributed by atoms with E-state index in [9.17, 15) is 19.1 Å². The Morgan fingerprint density at radius 2 is 1.69 bits per heavy atom. The number of anilines is 1. The first-order valence-electron chi connectivity index (χ1n) is 7.69. The van der Waals surface area contributed by atoms with Gasteiger partial charge in [0.15, 0.2) is 5.69 Å². The molecule has 0 atom stereocenters. The van der Waals surface area contributed by atoms with Gasteiger partial charge in [0, 0.05) is 16.4 Å². The zero-order chi connectivity index (χ0) is 18.7. The second kappa shape index (κ2) is 7.53. The van der Waals surface area contributed by atoms with Crippen molar-refractivity contribution in [2.75, 3.05) is 5.32 Å². The van der Waals surface area contributed by atoms with Crippen molar-refractivity contribution in [2.24, 2.45) is 0 Å². The van der Waals surface area contributed by atoms with E-state index in [1.165, 1.54) is 34.9 Å². The number of amides is 1. The van der Waals surface area contributed by atoms with Crippen molar-refractivity contribution in [1.82, 2.24) is 4.57 Å². The topological polar surface area (TPSA) is 71.3 Å². The largest absolute Gasteiger partial charge is 0.476 e. The smallest absolute Gasteiger partial charge is 0.355 e. The van der Waals surface area contributed by atoms with E-state index < -0.39 is 5.97 Å². The molecule has 2 N–H and O–H groups in total. The Kier molecular flexibility index (Phi) is 5.18. The Morgan fingerprint density at radius 1 is 1.04 bits per heavy atom. The van der Waals surface area contributed by atoms with Crippen LogP contribution in [0.5, 0.6) is 0 Å². The number of carboxylic acid groups (broad SMARTS) is 1. The van der Waals surface area contributed by atoms with Crippen LogP contribution in [0, 0.1) is 5.82 Å². The van der Waals surface area contributed by atoms with E-state index in [1.54, 1.807) is 30.5 Å². The minimum atomic E-state index is -1.16. The summed E-state index contributed by atoms with van der Waals surface area (Å²) in [6, 6.07) is 14.2. The molecule has 1 amide bonds. The predicted octanol–water partition coefficient (Wildman–Crippen LogP) is 4.26. The van der Waals surface area contributed by atoms with Crippen LogP contribution in [0.25, 0.3) is 5.69 Å². The van der Waals surface area contributed by atoms with Crippen molar-refractivity contribution in [1.29, 1.82) is 0 Å². The van der Waals surface area contributed by atoms with Crippen LogP contribution in [-0.2, 0) is 11.2 Å². The average Bonchev–Trinajstić information content (AvgIpc) is 3.01. The van der Waals surface area contributed by atoms with Gasteiger partial charge in [0.25, 0.3) is 0 Å². The van der Waals surface area contributed by atoms with Gasteiger partial charge in [0.05, 0.1) is 12.1 Å². The Morgan fingerprint density at radius 3 is 2.31 bits per heavy atom. The average molecular weight is 417 g/mol. The molecule has 26 heavy (non-hydrogen) atoms. The zero-order valence-electron chi connectivity index (χ0n) is 13.4. The van der Waals surface area contributed by atoms with Gasteiger partial charge in [-0.2, -0.15) is 0 Å². The molecule has 132 valence electrons. The quantitative estimate of drug-likeness (QED) is 0.652. The number of carboxylic acids is 1. The Hall–Kier alpha value is -2.93. The van der Waals surface area contributed by atoms with Gasteiger partial charge >= 0.3 is 5.97 Å². The van der Waals surface area contributed by atoms with Crippen molar-refractivity contribution >= 4 is 33.5 Å². The highest BCUT2D eigenvalue weighted by Gasteiger charge is 2.19. The number of hydrogen-bond donors (Lipinski definition) is 2. The van der Waals surface area contributed by atoms with E-state index in [0.29, 0.717) is 11.3 Å². The summed E-state index contributed by atoms with van der Waals surface area (Å²) in [6.45, 7) is 0. The van der Waals surface area contributed by atoms with E-state index in [0.717, 1.165) is 4.47 Å². The van der Waals surface area contributed by atoms with Crippen LogP contribution in [0.3, 0.4) is 0 Å². The fourth-order valence-corrected chi connectivity index (χ4v) is 2.81. The number of halogens is 2. The first kappa shape index (κ1) is 17.9. The van der Waals surface area contributed by atoms with E-state index in [1.807, 2.05) is 0 Å². The Balaban J connectivity index is 1.83. The normalized spacial score (nSPS) is 10.5. The summed E-state index contributed by atoms with van der Waals surface area (Å²) in [4.78, 5) is 23.9. The molecule has 0 spiro atoms. The molecule has 3 aromatic rings. The van der Waals surface area contributed by atoms with Crippen molar-refractivity contribution in [3.05, 3.63) is 82.3 Å². The maximum Gasteiger partial charge on any atom is 0.355 e. The van der Waals surface area contributed by atoms with E-state index >= 15 is 0 Å². The molecule has 5 nitrogen and oxygen atoms in total. The Labute approximate surface area is 157 Å². The number of aromatic nitrogens is 1. The summed E-state index contributed by atoms with van der Waals surface area (Å²) in [5.41, 5.74) is 1.45. The summed E-state index contributed by atoms with van der Waals surface area (Å²) < 4.78 is 15.3. The highest BCUT2D eigenvalue weighted by molar-refractivity contribution is 9.10. The van der Waals surface area contributed by atoms with Crippen LogP contribution < -0.4 is 5.32 Å². The third-order valence-electron chi connectivity index (χ3n) is 3.75. The van der Waals surface area contributed by atoms with Crippen molar-refractivity contribution in [3.63, 3.8) is 0 Å². The molecule has 0 saturated carbocycles. The summed E-state index contributed by atoms with van der Waals surface area (Å²) in [5.74, 6) is -1.92. The minimum Gasteiger partial charge on any atom is -0.476 e. The molecule has 1 aromatic heterocycles. The number of rotatable bonds is 5. The van der Waals surface area contributed by atoms with Gasteiger partial charge in [0.2, 0.25) is 5.91 Å². The van der Waals surface area contributed by atoms with E-state index in [2.05, 4.69) is 21.2 Å². The number of nitrogens with zero attached hydrogens (tertiary/aromatic N) is 1. The fourth-order valence-electron chi connectivity index (χ4n) is 2.55. The predicted molar refractivity (Wildman–Crippen MR) is 99.2 cm³/mol. The molecule has 0 radical (unpaired) electrons. The SMILES string of the molecule is O=C(Cc1ccc(F)cc1)Nc1ccn(-c2ccc(Br)cc2)c1C(=O)O. The Bertz CT molecular complexity index is 950. The monoisotopic (exact) mass is 416 g/mol. The maximum atomic E-state index is 12.9. The van der Waals surface area contributed by atoms with Crippen LogP contribution in [0.2, 0.25) is 0 Å². The molecule has 0 saturated heterocycles. The molecule has 0 aliphatic carbocycles. The highest BCUT2D eigenvalue weighted by atomic mass is 79.9. The van der Waals surface area contributed by atoms with Crippen molar-refractivity contribution < 1.29 is 19.1 Å². The van der Waals surface area contributed by atoms with Gasteiger partial charge in [-0.1, -0.05) is 28.1 Å². The molecule has 1 heterocycles. The number of benzene rings is 2. The van der Waals surface area contributed by atoms with Crippen LogP contribution in [0.4, 0.5) is 10.1 Å². The molecule has 3 rings (SSSR count). The number of hydrogen-bond acceptors (Lipinski definition) is 2. The van der Waals surface area contributed by atoms with Gasteiger partial charge in [0.1, 0.15) is 5.82 Å². The van der Waals surface area contributed by atoms with Gasteiger partial charge in [-0.3, -0.25) is 4.79 Å². The highest BCUT2D eigenvalue weighted by Crippen LogP contribution is 2.23. The molecule has 2 aromatic carbocycles. The zero-order valence-corrected chi connectivity index (χ0v) is 15.0. The molecule has 0 fully saturated rings. The number of carbonyl (C=O) groups excluding carboxylic acids is 1. The van der Waals surface area contributed by atoms with Crippen LogP contribution >= 0.6 is 15.9 Å². The molecular formula is C19H14BrFN2O3. The van der Waals surface area contributed by atoms with Crippen molar-refractivity contribution in [3.8, 4) is 5.69 Å². The second-order valence-corrected chi connectivity index (χ2v) is 6.50. The van der Waals surface area contributed by atoms with Crippen LogP contribution in [-0.4, -0.2) is 21.6 Å². The van der Waals surface area contributed by atoms with Gasteiger partial charge in [-0.15, -0.1) is 0 Å². The fraction of sp³-hybridized carbons (Fsp3) is 0.0526. The molecular weight excluding hydrogens is 403 g/mol. The second-order valence-electron chi connectivity index (χ2n) is 5.58. The minimum absolute atomic E-state index is 0.0167. The van der Waals surface area contributed by atoms with Gasteiger partial charge in [-0.05, 0) is 48.0 Å². The third-order valence-corrected chi connectivity index (χ3v) is 4.27. The van der Waals surface area contributed by atoms with Crippen LogP contribution in [0.15, 0.2) is 65.3 Å². The standard InChI is InChI=1S/C19H14BrFN2O3/c20-13-3-7-15(8-4-13)23-10-9-16(18(23)19(25)26)22-17(24)11-12-1-5-14(21)6-2-12/h1-10H,11H2,(H,22,24)(H,25,26). The van der Waals surface area contributed by atoms with E-state index in [4.69, 9.17) is 0 Å². The van der Waals surface area contributed by atoms with Crippen molar-refractivity contribution in [2.45, 2.75) is 6.42 Å². The first-order valence-corrected chi connectivity index (χ1v) is 8.48. The summed E-state index contributed by atoms with van der Waals surface area (Å²) in [6.07, 6.45) is 1.60. The lowest BCUT2D eigenvalue weighted by Gasteiger charge is -2.09. The van der Waals surface area contributed by atoms with Gasteiger partial charge in [-0.25, -0.2) is 9.18 Å². The number of carbonyl (C=O) groups is 2. The molecule has 0 unspecified atom stereocenters.